The van der Waals surface area contributed by atoms with Crippen LogP contribution in [0.25, 0.3) is 5.57 Å². The molecule has 0 radical (unpaired) electrons. The molecule has 3 aliphatic rings. The molecule has 0 saturated heterocycles. The van der Waals surface area contributed by atoms with Crippen molar-refractivity contribution in [3.8, 4) is 5.75 Å². The number of rotatable bonds is 0. The first-order valence-electron chi connectivity index (χ1n) is 7.80. The molecule has 2 heteroatoms. The summed E-state index contributed by atoms with van der Waals surface area (Å²) in [6, 6.07) is 5.81. The number of hydrogen-bond acceptors (Lipinski definition) is 2. The van der Waals surface area contributed by atoms with Gasteiger partial charge in [0.05, 0.1) is 6.10 Å². The third-order valence-corrected chi connectivity index (χ3v) is 6.13. The number of benzene rings is 1. The van der Waals surface area contributed by atoms with Crippen molar-refractivity contribution in [2.24, 2.45) is 17.3 Å². The van der Waals surface area contributed by atoms with Gasteiger partial charge in [-0.05, 0) is 72.8 Å². The lowest BCUT2D eigenvalue weighted by atomic mass is 9.60. The molecule has 1 aromatic rings. The third kappa shape index (κ3) is 1.54. The van der Waals surface area contributed by atoms with Crippen molar-refractivity contribution in [2.45, 2.75) is 45.1 Å². The van der Waals surface area contributed by atoms with Crippen molar-refractivity contribution in [2.75, 3.05) is 0 Å². The van der Waals surface area contributed by atoms with Gasteiger partial charge in [0.2, 0.25) is 0 Å². The topological polar surface area (TPSA) is 40.5 Å². The van der Waals surface area contributed by atoms with E-state index >= 15 is 0 Å². The fourth-order valence-electron chi connectivity index (χ4n) is 4.94. The maximum Gasteiger partial charge on any atom is 0.115 e. The molecule has 4 atom stereocenters. The summed E-state index contributed by atoms with van der Waals surface area (Å²) in [6.07, 6.45) is 7.56. The van der Waals surface area contributed by atoms with Crippen LogP contribution in [0.2, 0.25) is 0 Å². The Morgan fingerprint density at radius 2 is 2.05 bits per heavy atom. The average molecular weight is 270 g/mol. The predicted molar refractivity (Wildman–Crippen MR) is 79.3 cm³/mol. The number of phenolic OH excluding ortho intramolecular Hbond substituents is 1. The lowest BCUT2D eigenvalue weighted by Gasteiger charge is -2.45. The van der Waals surface area contributed by atoms with E-state index in [1.807, 2.05) is 6.07 Å². The normalized spacial score (nSPS) is 38.7. The molecule has 4 rings (SSSR count). The van der Waals surface area contributed by atoms with Crippen molar-refractivity contribution in [3.63, 3.8) is 0 Å². The maximum atomic E-state index is 10.3. The largest absolute Gasteiger partial charge is 0.508 e. The fraction of sp³-hybridized carbons (Fsp3) is 0.556. The Morgan fingerprint density at radius 3 is 2.90 bits per heavy atom. The van der Waals surface area contributed by atoms with Crippen LogP contribution in [-0.4, -0.2) is 16.3 Å². The molecular formula is C18H22O2. The Balaban J connectivity index is 1.79. The van der Waals surface area contributed by atoms with Crippen molar-refractivity contribution >= 4 is 5.57 Å². The Kier molecular flexibility index (Phi) is 2.56. The summed E-state index contributed by atoms with van der Waals surface area (Å²) in [6.45, 7) is 2.27. The lowest BCUT2D eigenvalue weighted by molar-refractivity contribution is 0.0251. The van der Waals surface area contributed by atoms with Crippen LogP contribution >= 0.6 is 0 Å². The number of aliphatic hydroxyl groups excluding tert-OH is 1. The van der Waals surface area contributed by atoms with Gasteiger partial charge >= 0.3 is 0 Å². The van der Waals surface area contributed by atoms with Gasteiger partial charge in [0.1, 0.15) is 5.75 Å². The molecule has 1 aromatic carbocycles. The molecule has 0 heterocycles. The van der Waals surface area contributed by atoms with Crippen LogP contribution in [0.1, 0.15) is 43.7 Å². The number of allylic oxidation sites excluding steroid dienone is 2. The Morgan fingerprint density at radius 1 is 1.20 bits per heavy atom. The number of phenols is 1. The van der Waals surface area contributed by atoms with Crippen molar-refractivity contribution in [1.82, 2.24) is 0 Å². The molecule has 106 valence electrons. The molecule has 20 heavy (non-hydrogen) atoms. The first kappa shape index (κ1) is 12.5. The summed E-state index contributed by atoms with van der Waals surface area (Å²) < 4.78 is 0. The third-order valence-electron chi connectivity index (χ3n) is 6.13. The molecule has 3 aliphatic carbocycles. The summed E-state index contributed by atoms with van der Waals surface area (Å²) in [7, 11) is 0. The molecule has 1 saturated carbocycles. The highest BCUT2D eigenvalue weighted by atomic mass is 16.3. The summed E-state index contributed by atoms with van der Waals surface area (Å²) in [4.78, 5) is 0. The van der Waals surface area contributed by atoms with E-state index in [9.17, 15) is 10.2 Å². The summed E-state index contributed by atoms with van der Waals surface area (Å²) in [5.41, 5.74) is 4.18. The van der Waals surface area contributed by atoms with Gasteiger partial charge in [-0.1, -0.05) is 19.1 Å². The van der Waals surface area contributed by atoms with Crippen LogP contribution in [0.4, 0.5) is 0 Å². The maximum absolute atomic E-state index is 10.3. The number of fused-ring (bicyclic) bond motifs is 5. The highest BCUT2D eigenvalue weighted by Gasteiger charge is 2.51. The van der Waals surface area contributed by atoms with Crippen LogP contribution in [0, 0.1) is 17.3 Å². The Bertz CT molecular complexity index is 589. The number of hydrogen-bond donors (Lipinski definition) is 2. The first-order valence-corrected chi connectivity index (χ1v) is 7.80. The molecule has 0 aliphatic heterocycles. The minimum atomic E-state index is -0.133. The summed E-state index contributed by atoms with van der Waals surface area (Å²) in [5, 5.41) is 20.0. The zero-order valence-electron chi connectivity index (χ0n) is 12.0. The molecule has 1 fully saturated rings. The van der Waals surface area contributed by atoms with Crippen molar-refractivity contribution in [1.29, 1.82) is 0 Å². The second-order valence-corrected chi connectivity index (χ2v) is 7.06. The Labute approximate surface area is 120 Å². The molecule has 2 N–H and O–H groups in total. The van der Waals surface area contributed by atoms with Crippen LogP contribution in [-0.2, 0) is 6.42 Å². The first-order chi connectivity index (χ1) is 9.59. The van der Waals surface area contributed by atoms with E-state index in [0.29, 0.717) is 17.6 Å². The number of aliphatic hydroxyl groups is 1. The molecular weight excluding hydrogens is 248 g/mol. The van der Waals surface area contributed by atoms with Gasteiger partial charge in [0.25, 0.3) is 0 Å². The second kappa shape index (κ2) is 4.11. The SMILES string of the molecule is C[C@]12CC=C3c4ccc(O)cc4CC[C@@H]3[C@@H]1CC[C@H]2O. The van der Waals surface area contributed by atoms with Crippen LogP contribution in [0.15, 0.2) is 24.3 Å². The monoisotopic (exact) mass is 270 g/mol. The van der Waals surface area contributed by atoms with Crippen molar-refractivity contribution in [3.05, 3.63) is 35.4 Å². The van der Waals surface area contributed by atoms with Crippen LogP contribution in [0.3, 0.4) is 0 Å². The zero-order chi connectivity index (χ0) is 13.9. The molecule has 0 bridgehead atoms. The van der Waals surface area contributed by atoms with E-state index in [1.54, 1.807) is 6.07 Å². The highest BCUT2D eigenvalue weighted by molar-refractivity contribution is 5.73. The molecule has 0 aromatic heterocycles. The van der Waals surface area contributed by atoms with Crippen LogP contribution < -0.4 is 0 Å². The van der Waals surface area contributed by atoms with Gasteiger partial charge in [-0.3, -0.25) is 0 Å². The molecule has 0 spiro atoms. The molecule has 0 amide bonds. The smallest absolute Gasteiger partial charge is 0.115 e. The average Bonchev–Trinajstić information content (AvgIpc) is 2.74. The molecule has 2 nitrogen and oxygen atoms in total. The van der Waals surface area contributed by atoms with Crippen molar-refractivity contribution < 1.29 is 10.2 Å². The van der Waals surface area contributed by atoms with Gasteiger partial charge in [-0.2, -0.15) is 0 Å². The zero-order valence-corrected chi connectivity index (χ0v) is 12.0. The highest BCUT2D eigenvalue weighted by Crippen LogP contribution is 2.58. The molecule has 0 unspecified atom stereocenters. The van der Waals surface area contributed by atoms with E-state index in [1.165, 1.54) is 16.7 Å². The van der Waals surface area contributed by atoms with Gasteiger partial charge in [0, 0.05) is 5.41 Å². The quantitative estimate of drug-likeness (QED) is 0.757. The fourth-order valence-corrected chi connectivity index (χ4v) is 4.94. The van der Waals surface area contributed by atoms with Gasteiger partial charge in [0.15, 0.2) is 0 Å². The van der Waals surface area contributed by atoms with Crippen LogP contribution in [0.5, 0.6) is 5.75 Å². The standard InChI is InChI=1S/C18H22O2/c1-18-9-8-14-13-5-3-12(19)10-11(13)2-4-15(14)16(18)6-7-17(18)20/h3,5,8,10,15-17,19-20H,2,4,6-7,9H2,1H3/t15-,16-,17+,18-/m0/s1. The second-order valence-electron chi connectivity index (χ2n) is 7.06. The van der Waals surface area contributed by atoms with Gasteiger partial charge < -0.3 is 10.2 Å². The van der Waals surface area contributed by atoms with E-state index in [-0.39, 0.29) is 11.5 Å². The number of aryl methyl sites for hydroxylation is 1. The van der Waals surface area contributed by atoms with E-state index in [2.05, 4.69) is 19.1 Å². The summed E-state index contributed by atoms with van der Waals surface area (Å²) in [5.74, 6) is 1.60. The summed E-state index contributed by atoms with van der Waals surface area (Å²) >= 11 is 0. The minimum absolute atomic E-state index is 0.0859. The Hall–Kier alpha value is -1.28. The van der Waals surface area contributed by atoms with E-state index in [4.69, 9.17) is 0 Å². The minimum Gasteiger partial charge on any atom is -0.508 e. The van der Waals surface area contributed by atoms with E-state index in [0.717, 1.165) is 32.1 Å². The lowest BCUT2D eigenvalue weighted by Crippen LogP contribution is -2.39. The van der Waals surface area contributed by atoms with Gasteiger partial charge in [-0.25, -0.2) is 0 Å². The predicted octanol–water partition coefficient (Wildman–Crippen LogP) is 3.52. The number of aromatic hydroxyl groups is 1. The van der Waals surface area contributed by atoms with E-state index < -0.39 is 0 Å². The van der Waals surface area contributed by atoms with Gasteiger partial charge in [-0.15, -0.1) is 0 Å².